The third-order valence-electron chi connectivity index (χ3n) is 10.7. The Hall–Kier alpha value is -5.58. The predicted molar refractivity (Wildman–Crippen MR) is 204 cm³/mol. The van der Waals surface area contributed by atoms with Crippen molar-refractivity contribution in [3.63, 3.8) is 0 Å². The Morgan fingerprint density at radius 1 is 0.680 bits per heavy atom. The molecule has 1 saturated carbocycles. The van der Waals surface area contributed by atoms with E-state index in [9.17, 15) is 9.90 Å². The van der Waals surface area contributed by atoms with E-state index in [-0.39, 0.29) is 5.78 Å². The number of nitrogens with zero attached hydrogens (tertiary/aromatic N) is 2. The van der Waals surface area contributed by atoms with Crippen LogP contribution in [0.15, 0.2) is 145 Å². The van der Waals surface area contributed by atoms with E-state index in [1.54, 1.807) is 0 Å². The summed E-state index contributed by atoms with van der Waals surface area (Å²) in [6.07, 6.45) is 7.04. The molecule has 244 valence electrons. The van der Waals surface area contributed by atoms with Crippen LogP contribution in [0.5, 0.6) is 0 Å². The van der Waals surface area contributed by atoms with Crippen LogP contribution in [0.4, 0.5) is 5.69 Å². The molecule has 1 aliphatic carbocycles. The average molecular weight is 652 g/mol. The van der Waals surface area contributed by atoms with E-state index in [0.29, 0.717) is 5.57 Å². The van der Waals surface area contributed by atoms with E-state index in [1.165, 1.54) is 43.9 Å². The first-order valence-corrected chi connectivity index (χ1v) is 17.9. The molecule has 1 aliphatic heterocycles. The lowest BCUT2D eigenvalue weighted by Gasteiger charge is -2.31. The second kappa shape index (κ2) is 12.7. The molecule has 2 unspecified atom stereocenters. The lowest BCUT2D eigenvalue weighted by molar-refractivity contribution is -0.436. The van der Waals surface area contributed by atoms with Crippen LogP contribution in [0.25, 0.3) is 38.5 Å². The van der Waals surface area contributed by atoms with E-state index in [0.717, 1.165) is 60.8 Å². The number of carbonyl (C=O) groups is 1. The van der Waals surface area contributed by atoms with Crippen LogP contribution < -0.4 is 5.35 Å². The Morgan fingerprint density at radius 2 is 1.32 bits per heavy atom. The van der Waals surface area contributed by atoms with Crippen molar-refractivity contribution in [1.29, 1.82) is 0 Å². The van der Waals surface area contributed by atoms with Gasteiger partial charge in [0.1, 0.15) is 6.54 Å². The van der Waals surface area contributed by atoms with Crippen molar-refractivity contribution in [2.75, 3.05) is 6.54 Å². The number of carbonyl (C=O) groups excluding carboxylic acids is 1. The van der Waals surface area contributed by atoms with Gasteiger partial charge in [-0.15, -0.1) is 0 Å². The summed E-state index contributed by atoms with van der Waals surface area (Å²) in [4.78, 5) is 14.1. The molecule has 7 aromatic rings. The summed E-state index contributed by atoms with van der Waals surface area (Å²) in [5.74, 6) is -0.596. The highest BCUT2D eigenvalue weighted by Crippen LogP contribution is 2.38. The number of aliphatic hydroxyl groups is 1. The van der Waals surface area contributed by atoms with E-state index in [4.69, 9.17) is 0 Å². The van der Waals surface area contributed by atoms with Gasteiger partial charge in [0.2, 0.25) is 11.4 Å². The Balaban J connectivity index is 1.07. The van der Waals surface area contributed by atoms with Gasteiger partial charge in [0, 0.05) is 52.3 Å². The number of aromatic nitrogens is 1. The lowest BCUT2D eigenvalue weighted by Crippen LogP contribution is -2.45. The molecule has 4 nitrogen and oxygen atoms in total. The lowest BCUT2D eigenvalue weighted by atomic mass is 9.74. The number of hydrogen-bond donors (Lipinski definition) is 1. The summed E-state index contributed by atoms with van der Waals surface area (Å²) in [6.45, 7) is 1.64. The molecule has 0 spiro atoms. The maximum Gasteiger partial charge on any atom is 0.214 e. The Kier molecular flexibility index (Phi) is 7.74. The first kappa shape index (κ1) is 30.5. The fraction of sp³-hybridized carbons (Fsp3) is 0.174. The fourth-order valence-electron chi connectivity index (χ4n) is 8.28. The number of benzene rings is 6. The molecule has 0 radical (unpaired) electrons. The summed E-state index contributed by atoms with van der Waals surface area (Å²) in [6, 6.07) is 46.9. The Morgan fingerprint density at radius 3 is 2.04 bits per heavy atom. The normalized spacial score (nSPS) is 18.3. The summed E-state index contributed by atoms with van der Waals surface area (Å²) < 4.78 is 4.71. The van der Waals surface area contributed by atoms with Crippen molar-refractivity contribution in [2.24, 2.45) is 5.92 Å². The van der Waals surface area contributed by atoms with Gasteiger partial charge < -0.3 is 9.67 Å². The van der Waals surface area contributed by atoms with Gasteiger partial charge in [0.05, 0.1) is 23.0 Å². The molecular weight excluding hydrogens is 613 g/mol. The van der Waals surface area contributed by atoms with E-state index < -0.39 is 12.0 Å². The van der Waals surface area contributed by atoms with Crippen LogP contribution in [0, 0.1) is 5.92 Å². The Labute approximate surface area is 291 Å². The van der Waals surface area contributed by atoms with Gasteiger partial charge in [-0.25, -0.2) is 0 Å². The highest BCUT2D eigenvalue weighted by molar-refractivity contribution is 6.23. The molecule has 1 fully saturated rings. The van der Waals surface area contributed by atoms with Crippen molar-refractivity contribution >= 4 is 55.7 Å². The summed E-state index contributed by atoms with van der Waals surface area (Å²) in [5, 5.41) is 18.7. The van der Waals surface area contributed by atoms with Gasteiger partial charge in [0.15, 0.2) is 5.78 Å². The van der Waals surface area contributed by atoms with E-state index in [2.05, 4.69) is 143 Å². The first-order chi connectivity index (χ1) is 24.7. The summed E-state index contributed by atoms with van der Waals surface area (Å²) in [7, 11) is 0. The molecule has 4 heteroatoms. The monoisotopic (exact) mass is 651 g/mol. The smallest absolute Gasteiger partial charge is 0.214 e. The zero-order valence-electron chi connectivity index (χ0n) is 28.0. The van der Waals surface area contributed by atoms with E-state index in [1.807, 2.05) is 12.2 Å². The zero-order chi connectivity index (χ0) is 33.6. The van der Waals surface area contributed by atoms with Crippen LogP contribution in [-0.4, -0.2) is 38.4 Å². The number of rotatable bonds is 10. The molecule has 2 atom stereocenters. The third-order valence-corrected chi connectivity index (χ3v) is 10.7. The van der Waals surface area contributed by atoms with Gasteiger partial charge in [-0.05, 0) is 59.4 Å². The second-order valence-corrected chi connectivity index (χ2v) is 13.7. The molecule has 9 rings (SSSR count). The van der Waals surface area contributed by atoms with Gasteiger partial charge in [-0.2, -0.15) is 4.58 Å². The number of aryl methyl sites for hydroxylation is 3. The molecule has 0 amide bonds. The van der Waals surface area contributed by atoms with Crippen molar-refractivity contribution in [3.8, 4) is 0 Å². The molecule has 0 saturated heterocycles. The summed E-state index contributed by atoms with van der Waals surface area (Å²) >= 11 is 0. The minimum absolute atomic E-state index is 0.00256. The van der Waals surface area contributed by atoms with Crippen LogP contribution in [0.1, 0.15) is 29.5 Å². The van der Waals surface area contributed by atoms with Gasteiger partial charge in [0.25, 0.3) is 0 Å². The molecule has 1 aromatic heterocycles. The van der Waals surface area contributed by atoms with Crippen molar-refractivity contribution in [1.82, 2.24) is 4.57 Å². The SMILES string of the molecule is O=C1C(=CC2=[N+](CCCc3ccccc3)c3cccc4cccc2c34)C(O)C1C=c1c2cccc3cccc(c32)n1CCCc1ccccc1. The Bertz CT molecular complexity index is 2510. The number of allylic oxidation sites excluding steroid dienone is 1. The standard InChI is InChI=1S/C46H39N2O2/c49-45-37(29-41-35-23-7-19-33-21-9-25-39(43(33)35)47(41)27-11-17-31-13-3-1-4-14-31)46(50)38(45)30-42-36-24-8-20-34-22-10-26-40(44(34)36)48(42)28-12-18-32-15-5-2-6-16-32/h1-10,13-16,19-26,29-30,37,45,49H,11-12,17-18,27-28H2/q+1. The van der Waals surface area contributed by atoms with Crippen LogP contribution in [0.3, 0.4) is 0 Å². The minimum atomic E-state index is -0.870. The fourth-order valence-corrected chi connectivity index (χ4v) is 8.28. The third kappa shape index (κ3) is 5.19. The molecule has 1 N–H and O–H groups in total. The maximum atomic E-state index is 14.1. The van der Waals surface area contributed by atoms with Gasteiger partial charge >= 0.3 is 0 Å². The molecule has 6 aromatic carbocycles. The second-order valence-electron chi connectivity index (χ2n) is 13.7. The van der Waals surface area contributed by atoms with Crippen LogP contribution in [0.2, 0.25) is 0 Å². The molecule has 2 heterocycles. The topological polar surface area (TPSA) is 45.2 Å². The highest BCUT2D eigenvalue weighted by Gasteiger charge is 2.44. The van der Waals surface area contributed by atoms with Crippen molar-refractivity contribution in [3.05, 3.63) is 167 Å². The van der Waals surface area contributed by atoms with E-state index >= 15 is 0 Å². The summed E-state index contributed by atoms with van der Waals surface area (Å²) in [5.41, 5.74) is 7.59. The number of hydrogen-bond acceptors (Lipinski definition) is 2. The highest BCUT2D eigenvalue weighted by atomic mass is 16.3. The zero-order valence-corrected chi connectivity index (χ0v) is 28.0. The maximum absolute atomic E-state index is 14.1. The first-order valence-electron chi connectivity index (χ1n) is 17.9. The van der Waals surface area contributed by atoms with Gasteiger partial charge in [-0.3, -0.25) is 4.79 Å². The number of Topliss-reactive ketones (excluding diaryl/α,β-unsaturated/α-hetero) is 1. The largest absolute Gasteiger partial charge is 0.387 e. The van der Waals surface area contributed by atoms with Crippen LogP contribution >= 0.6 is 0 Å². The van der Waals surface area contributed by atoms with Crippen LogP contribution in [-0.2, 0) is 24.2 Å². The average Bonchev–Trinajstić information content (AvgIpc) is 3.63. The molecule has 2 aliphatic rings. The minimum Gasteiger partial charge on any atom is -0.387 e. The molecule has 50 heavy (non-hydrogen) atoms. The quantitative estimate of drug-likeness (QED) is 0.119. The predicted octanol–water partition coefficient (Wildman–Crippen LogP) is 8.35. The van der Waals surface area contributed by atoms with Gasteiger partial charge in [-0.1, -0.05) is 115 Å². The molecule has 0 bridgehead atoms. The van der Waals surface area contributed by atoms with Crippen molar-refractivity contribution in [2.45, 2.75) is 38.3 Å². The number of aliphatic hydroxyl groups excluding tert-OH is 1. The number of ketones is 1. The molecular formula is C46H39N2O2+. The van der Waals surface area contributed by atoms with Crippen molar-refractivity contribution < 1.29 is 14.5 Å².